The van der Waals surface area contributed by atoms with Gasteiger partial charge in [-0.05, 0) is 19.8 Å². The zero-order valence-corrected chi connectivity index (χ0v) is 7.00. The molecule has 0 spiro atoms. The Labute approximate surface area is 70.3 Å². The van der Waals surface area contributed by atoms with E-state index in [0.717, 1.165) is 5.69 Å². The van der Waals surface area contributed by atoms with Gasteiger partial charge in [-0.25, -0.2) is 4.98 Å². The van der Waals surface area contributed by atoms with Crippen LogP contribution in [0.2, 0.25) is 0 Å². The maximum absolute atomic E-state index is 11.2. The van der Waals surface area contributed by atoms with Gasteiger partial charge in [0.1, 0.15) is 0 Å². The summed E-state index contributed by atoms with van der Waals surface area (Å²) in [5, 5.41) is 8.58. The third-order valence-electron chi connectivity index (χ3n) is 1.75. The Balaban J connectivity index is 2.89. The molecule has 1 aromatic heterocycles. The monoisotopic (exact) mass is 168 g/mol. The van der Waals surface area contributed by atoms with E-state index in [2.05, 4.69) is 9.97 Å². The van der Waals surface area contributed by atoms with Crippen LogP contribution in [0.15, 0.2) is 11.1 Å². The molecule has 12 heavy (non-hydrogen) atoms. The van der Waals surface area contributed by atoms with Crippen LogP contribution in [0, 0.1) is 6.92 Å². The van der Waals surface area contributed by atoms with Crippen molar-refractivity contribution in [3.63, 3.8) is 0 Å². The van der Waals surface area contributed by atoms with Crippen molar-refractivity contribution in [1.82, 2.24) is 9.97 Å². The number of nitrogens with zero attached hydrogens (tertiary/aromatic N) is 1. The topological polar surface area (TPSA) is 66.0 Å². The Morgan fingerprint density at radius 2 is 2.42 bits per heavy atom. The van der Waals surface area contributed by atoms with Crippen molar-refractivity contribution in [2.45, 2.75) is 19.8 Å². The Bertz CT molecular complexity index is 306. The zero-order chi connectivity index (χ0) is 8.97. The molecule has 1 aromatic rings. The lowest BCUT2D eigenvalue weighted by Crippen LogP contribution is -2.15. The highest BCUT2D eigenvalue weighted by Gasteiger charge is 2.02. The average Bonchev–Trinajstić information content (AvgIpc) is 2.04. The number of hydrogen-bond donors (Lipinski definition) is 2. The van der Waals surface area contributed by atoms with Crippen LogP contribution >= 0.6 is 0 Å². The van der Waals surface area contributed by atoms with Gasteiger partial charge >= 0.3 is 0 Å². The van der Waals surface area contributed by atoms with Gasteiger partial charge in [0, 0.05) is 17.9 Å². The fraction of sp³-hybridized carbons (Fsp3) is 0.500. The number of nitrogens with one attached hydrogen (secondary N) is 1. The minimum atomic E-state index is -0.101. The molecule has 0 aromatic carbocycles. The zero-order valence-electron chi connectivity index (χ0n) is 7.00. The molecule has 0 atom stereocenters. The van der Waals surface area contributed by atoms with E-state index in [1.807, 2.05) is 0 Å². The average molecular weight is 168 g/mol. The highest BCUT2D eigenvalue weighted by molar-refractivity contribution is 5.14. The van der Waals surface area contributed by atoms with Gasteiger partial charge in [0.25, 0.3) is 5.56 Å². The normalized spacial score (nSPS) is 10.2. The predicted molar refractivity (Wildman–Crippen MR) is 45.0 cm³/mol. The molecule has 0 saturated carbocycles. The van der Waals surface area contributed by atoms with Crippen molar-refractivity contribution in [1.29, 1.82) is 0 Å². The number of H-pyrrole nitrogens is 1. The van der Waals surface area contributed by atoms with E-state index in [1.165, 1.54) is 6.33 Å². The molecule has 4 nitrogen and oxygen atoms in total. The predicted octanol–water partition coefficient (Wildman–Crippen LogP) is 0.00322. The molecule has 2 N–H and O–H groups in total. The lowest BCUT2D eigenvalue weighted by Gasteiger charge is -2.00. The van der Waals surface area contributed by atoms with Crippen molar-refractivity contribution in [3.8, 4) is 0 Å². The fourth-order valence-corrected chi connectivity index (χ4v) is 1.07. The van der Waals surface area contributed by atoms with Crippen molar-refractivity contribution < 1.29 is 5.11 Å². The highest BCUT2D eigenvalue weighted by Crippen LogP contribution is 1.99. The van der Waals surface area contributed by atoms with Gasteiger partial charge < -0.3 is 10.1 Å². The second-order valence-electron chi connectivity index (χ2n) is 2.62. The Hall–Kier alpha value is -1.16. The molecule has 1 rings (SSSR count). The molecule has 0 saturated heterocycles. The van der Waals surface area contributed by atoms with Crippen molar-refractivity contribution in [3.05, 3.63) is 27.9 Å². The van der Waals surface area contributed by atoms with Crippen LogP contribution in [0.5, 0.6) is 0 Å². The maximum atomic E-state index is 11.2. The Kier molecular flexibility index (Phi) is 2.99. The van der Waals surface area contributed by atoms with Crippen LogP contribution < -0.4 is 5.56 Å². The smallest absolute Gasteiger partial charge is 0.254 e. The van der Waals surface area contributed by atoms with E-state index in [1.54, 1.807) is 6.92 Å². The van der Waals surface area contributed by atoms with Crippen molar-refractivity contribution in [2.24, 2.45) is 0 Å². The third-order valence-corrected chi connectivity index (χ3v) is 1.75. The van der Waals surface area contributed by atoms with E-state index in [-0.39, 0.29) is 12.2 Å². The molecular weight excluding hydrogens is 156 g/mol. The quantitative estimate of drug-likeness (QED) is 0.667. The summed E-state index contributed by atoms with van der Waals surface area (Å²) in [5.41, 5.74) is 1.31. The molecule has 0 radical (unpaired) electrons. The minimum Gasteiger partial charge on any atom is -0.396 e. The summed E-state index contributed by atoms with van der Waals surface area (Å²) in [4.78, 5) is 17.6. The standard InChI is InChI=1S/C8H12N2O2/c1-6-7(3-2-4-11)8(12)10-5-9-6/h5,11H,2-4H2,1H3,(H,9,10,12). The third kappa shape index (κ3) is 1.92. The number of aryl methyl sites for hydroxylation is 1. The number of hydrogen-bond acceptors (Lipinski definition) is 3. The van der Waals surface area contributed by atoms with Gasteiger partial charge in [-0.3, -0.25) is 4.79 Å². The maximum Gasteiger partial charge on any atom is 0.254 e. The highest BCUT2D eigenvalue weighted by atomic mass is 16.2. The van der Waals surface area contributed by atoms with Gasteiger partial charge in [0.2, 0.25) is 0 Å². The first-order valence-electron chi connectivity index (χ1n) is 3.89. The number of aliphatic hydroxyl groups is 1. The summed E-state index contributed by atoms with van der Waals surface area (Å²) >= 11 is 0. The fourth-order valence-electron chi connectivity index (χ4n) is 1.07. The first kappa shape index (κ1) is 8.93. The molecule has 4 heteroatoms. The van der Waals surface area contributed by atoms with E-state index < -0.39 is 0 Å². The van der Waals surface area contributed by atoms with Crippen LogP contribution in [0.1, 0.15) is 17.7 Å². The second kappa shape index (κ2) is 4.01. The lowest BCUT2D eigenvalue weighted by atomic mass is 10.1. The molecule has 0 amide bonds. The van der Waals surface area contributed by atoms with Crippen LogP contribution in [-0.4, -0.2) is 21.7 Å². The molecule has 0 fully saturated rings. The van der Waals surface area contributed by atoms with Gasteiger partial charge in [0.05, 0.1) is 6.33 Å². The first-order chi connectivity index (χ1) is 5.75. The minimum absolute atomic E-state index is 0.101. The van der Waals surface area contributed by atoms with Crippen LogP contribution in [0.25, 0.3) is 0 Å². The van der Waals surface area contributed by atoms with Gasteiger partial charge in [-0.15, -0.1) is 0 Å². The molecule has 0 aliphatic rings. The largest absolute Gasteiger partial charge is 0.396 e. The number of aliphatic hydroxyl groups excluding tert-OH is 1. The molecular formula is C8H12N2O2. The number of aromatic nitrogens is 2. The molecule has 0 bridgehead atoms. The number of aromatic amines is 1. The van der Waals surface area contributed by atoms with Crippen molar-refractivity contribution >= 4 is 0 Å². The van der Waals surface area contributed by atoms with Gasteiger partial charge in [0.15, 0.2) is 0 Å². The van der Waals surface area contributed by atoms with Crippen molar-refractivity contribution in [2.75, 3.05) is 6.61 Å². The van der Waals surface area contributed by atoms with Gasteiger partial charge in [-0.1, -0.05) is 0 Å². The Morgan fingerprint density at radius 3 is 3.00 bits per heavy atom. The Morgan fingerprint density at radius 1 is 1.67 bits per heavy atom. The first-order valence-corrected chi connectivity index (χ1v) is 3.89. The van der Waals surface area contributed by atoms with E-state index in [9.17, 15) is 4.79 Å². The van der Waals surface area contributed by atoms with Crippen LogP contribution in [0.4, 0.5) is 0 Å². The summed E-state index contributed by atoms with van der Waals surface area (Å²) in [7, 11) is 0. The van der Waals surface area contributed by atoms with Crippen LogP contribution in [-0.2, 0) is 6.42 Å². The number of rotatable bonds is 3. The second-order valence-corrected chi connectivity index (χ2v) is 2.62. The molecule has 0 aliphatic carbocycles. The van der Waals surface area contributed by atoms with E-state index in [4.69, 9.17) is 5.11 Å². The summed E-state index contributed by atoms with van der Waals surface area (Å²) < 4.78 is 0. The van der Waals surface area contributed by atoms with Crippen LogP contribution in [0.3, 0.4) is 0 Å². The SMILES string of the molecule is Cc1nc[nH]c(=O)c1CCCO. The summed E-state index contributed by atoms with van der Waals surface area (Å²) in [6, 6.07) is 0. The molecule has 66 valence electrons. The van der Waals surface area contributed by atoms with Gasteiger partial charge in [-0.2, -0.15) is 0 Å². The van der Waals surface area contributed by atoms with E-state index in [0.29, 0.717) is 18.4 Å². The summed E-state index contributed by atoms with van der Waals surface area (Å²) in [5.74, 6) is 0. The summed E-state index contributed by atoms with van der Waals surface area (Å²) in [6.07, 6.45) is 2.58. The lowest BCUT2D eigenvalue weighted by molar-refractivity contribution is 0.288. The molecule has 0 unspecified atom stereocenters. The molecule has 1 heterocycles. The van der Waals surface area contributed by atoms with E-state index >= 15 is 0 Å². The molecule has 0 aliphatic heterocycles. The summed E-state index contributed by atoms with van der Waals surface area (Å²) in [6.45, 7) is 1.90.